The van der Waals surface area contributed by atoms with E-state index in [0.717, 1.165) is 38.4 Å². The second-order valence-electron chi connectivity index (χ2n) is 8.10. The number of carbonyl (C=O) groups excluding carboxylic acids is 1. The van der Waals surface area contributed by atoms with Gasteiger partial charge < -0.3 is 20.3 Å². The van der Waals surface area contributed by atoms with Gasteiger partial charge in [-0.25, -0.2) is 4.98 Å². The van der Waals surface area contributed by atoms with Gasteiger partial charge in [-0.15, -0.1) is 0 Å². The number of hydrogen-bond acceptors (Lipinski definition) is 5. The molecule has 136 valence electrons. The summed E-state index contributed by atoms with van der Waals surface area (Å²) in [5.74, 6) is 1.23. The standard InChI is InChI=1S/C19H28N4O2/c1-18(2)16-14(6-5-13-25-16)19(18,20)17(24)23-11-9-22(10-12-23)15-7-3-4-8-21-15/h3-4,7-8,14,16H,5-6,9-13,20H2,1-2H3. The molecular formula is C19H28N4O2. The predicted octanol–water partition coefficient (Wildman–Crippen LogP) is 1.26. The highest BCUT2D eigenvalue weighted by atomic mass is 16.5. The van der Waals surface area contributed by atoms with Crippen molar-refractivity contribution >= 4 is 11.7 Å². The van der Waals surface area contributed by atoms with E-state index in [2.05, 4.69) is 23.7 Å². The lowest BCUT2D eigenvalue weighted by atomic mass is 9.46. The van der Waals surface area contributed by atoms with Gasteiger partial charge in [0.1, 0.15) is 11.4 Å². The summed E-state index contributed by atoms with van der Waals surface area (Å²) >= 11 is 0. The van der Waals surface area contributed by atoms with Gasteiger partial charge in [0, 0.05) is 50.3 Å². The molecule has 25 heavy (non-hydrogen) atoms. The van der Waals surface area contributed by atoms with Gasteiger partial charge in [-0.3, -0.25) is 4.79 Å². The highest BCUT2D eigenvalue weighted by molar-refractivity contribution is 5.89. The number of aromatic nitrogens is 1. The zero-order valence-corrected chi connectivity index (χ0v) is 15.1. The van der Waals surface area contributed by atoms with Gasteiger partial charge in [-0.2, -0.15) is 0 Å². The average molecular weight is 344 g/mol. The molecule has 3 heterocycles. The summed E-state index contributed by atoms with van der Waals surface area (Å²) in [6.07, 6.45) is 3.91. The highest BCUT2D eigenvalue weighted by Gasteiger charge is 2.70. The molecule has 2 aliphatic heterocycles. The molecule has 0 bridgehead atoms. The fourth-order valence-electron chi connectivity index (χ4n) is 4.95. The summed E-state index contributed by atoms with van der Waals surface area (Å²) in [6.45, 7) is 7.94. The van der Waals surface area contributed by atoms with E-state index in [1.807, 2.05) is 29.3 Å². The van der Waals surface area contributed by atoms with Crippen LogP contribution in [0.4, 0.5) is 5.82 Å². The van der Waals surface area contributed by atoms with Crippen LogP contribution in [0.3, 0.4) is 0 Å². The van der Waals surface area contributed by atoms with Crippen LogP contribution in [0.2, 0.25) is 0 Å². The van der Waals surface area contributed by atoms with Crippen LogP contribution in [0.15, 0.2) is 24.4 Å². The Morgan fingerprint density at radius 3 is 2.72 bits per heavy atom. The molecule has 3 unspecified atom stereocenters. The summed E-state index contributed by atoms with van der Waals surface area (Å²) in [5, 5.41) is 0. The number of amides is 1. The molecule has 1 amide bonds. The third-order valence-corrected chi connectivity index (χ3v) is 6.58. The summed E-state index contributed by atoms with van der Waals surface area (Å²) in [6, 6.07) is 5.93. The molecule has 1 aromatic rings. The Morgan fingerprint density at radius 2 is 2.04 bits per heavy atom. The van der Waals surface area contributed by atoms with Gasteiger partial charge >= 0.3 is 0 Å². The van der Waals surface area contributed by atoms with Gasteiger partial charge in [0.2, 0.25) is 5.91 Å². The molecule has 2 saturated heterocycles. The molecule has 3 fully saturated rings. The summed E-state index contributed by atoms with van der Waals surface area (Å²) in [5.41, 5.74) is 5.65. The van der Waals surface area contributed by atoms with Crippen LogP contribution in [-0.4, -0.2) is 60.2 Å². The fourth-order valence-corrected chi connectivity index (χ4v) is 4.95. The molecule has 0 radical (unpaired) electrons. The monoisotopic (exact) mass is 344 g/mol. The number of carbonyl (C=O) groups is 1. The summed E-state index contributed by atoms with van der Waals surface area (Å²) < 4.78 is 5.93. The lowest BCUT2D eigenvalue weighted by Crippen LogP contribution is -2.82. The van der Waals surface area contributed by atoms with Gasteiger partial charge in [-0.05, 0) is 25.0 Å². The van der Waals surface area contributed by atoms with E-state index >= 15 is 0 Å². The molecule has 4 rings (SSSR count). The average Bonchev–Trinajstić information content (AvgIpc) is 2.67. The van der Waals surface area contributed by atoms with E-state index in [1.165, 1.54) is 0 Å². The second kappa shape index (κ2) is 5.95. The maximum Gasteiger partial charge on any atom is 0.243 e. The maximum absolute atomic E-state index is 13.3. The van der Waals surface area contributed by atoms with Crippen molar-refractivity contribution in [3.05, 3.63) is 24.4 Å². The number of pyridine rings is 1. The Bertz CT molecular complexity index is 642. The van der Waals surface area contributed by atoms with Crippen LogP contribution in [-0.2, 0) is 9.53 Å². The lowest BCUT2D eigenvalue weighted by Gasteiger charge is -2.66. The van der Waals surface area contributed by atoms with Crippen LogP contribution in [0.25, 0.3) is 0 Å². The first-order valence-corrected chi connectivity index (χ1v) is 9.32. The minimum Gasteiger partial charge on any atom is -0.377 e. The normalized spacial score (nSPS) is 34.2. The van der Waals surface area contributed by atoms with Crippen molar-refractivity contribution in [2.75, 3.05) is 37.7 Å². The van der Waals surface area contributed by atoms with E-state index in [1.54, 1.807) is 0 Å². The number of nitrogens with zero attached hydrogens (tertiary/aromatic N) is 3. The molecular weight excluding hydrogens is 316 g/mol. The first-order valence-electron chi connectivity index (χ1n) is 9.32. The number of rotatable bonds is 2. The first kappa shape index (κ1) is 16.8. The number of anilines is 1. The zero-order chi connectivity index (χ0) is 17.7. The minimum atomic E-state index is -0.800. The third kappa shape index (κ3) is 2.38. The van der Waals surface area contributed by atoms with Gasteiger partial charge in [0.15, 0.2) is 0 Å². The van der Waals surface area contributed by atoms with Crippen LogP contribution >= 0.6 is 0 Å². The van der Waals surface area contributed by atoms with Crippen molar-refractivity contribution in [2.45, 2.75) is 38.3 Å². The Balaban J connectivity index is 1.45. The Morgan fingerprint density at radius 1 is 1.28 bits per heavy atom. The number of fused-ring (bicyclic) bond motifs is 1. The van der Waals surface area contributed by atoms with E-state index in [-0.39, 0.29) is 23.3 Å². The van der Waals surface area contributed by atoms with Crippen molar-refractivity contribution in [1.82, 2.24) is 9.88 Å². The quantitative estimate of drug-likeness (QED) is 0.875. The smallest absolute Gasteiger partial charge is 0.243 e. The lowest BCUT2D eigenvalue weighted by molar-refractivity contribution is -0.230. The molecule has 0 spiro atoms. The number of piperazine rings is 1. The molecule has 1 aliphatic carbocycles. The minimum absolute atomic E-state index is 0.102. The van der Waals surface area contributed by atoms with Gasteiger partial charge in [-0.1, -0.05) is 19.9 Å². The molecule has 3 atom stereocenters. The molecule has 2 N–H and O–H groups in total. The van der Waals surface area contributed by atoms with Crippen molar-refractivity contribution in [3.8, 4) is 0 Å². The van der Waals surface area contributed by atoms with Crippen molar-refractivity contribution in [2.24, 2.45) is 17.1 Å². The SMILES string of the molecule is CC1(C)C2OCCCC2C1(N)C(=O)N1CCN(c2ccccn2)CC1. The van der Waals surface area contributed by atoms with Crippen molar-refractivity contribution < 1.29 is 9.53 Å². The van der Waals surface area contributed by atoms with Crippen LogP contribution in [0.1, 0.15) is 26.7 Å². The molecule has 0 aromatic carbocycles. The van der Waals surface area contributed by atoms with Crippen LogP contribution in [0.5, 0.6) is 0 Å². The second-order valence-corrected chi connectivity index (χ2v) is 8.10. The van der Waals surface area contributed by atoms with Crippen molar-refractivity contribution in [3.63, 3.8) is 0 Å². The highest BCUT2D eigenvalue weighted by Crippen LogP contribution is 2.58. The van der Waals surface area contributed by atoms with Gasteiger partial charge in [0.05, 0.1) is 6.10 Å². The predicted molar refractivity (Wildman–Crippen MR) is 96.2 cm³/mol. The molecule has 3 aliphatic rings. The number of hydrogen-bond donors (Lipinski definition) is 1. The number of ether oxygens (including phenoxy) is 1. The van der Waals surface area contributed by atoms with E-state index in [4.69, 9.17) is 10.5 Å². The Labute approximate surface area is 149 Å². The molecule has 1 aromatic heterocycles. The topological polar surface area (TPSA) is 71.7 Å². The van der Waals surface area contributed by atoms with Crippen LogP contribution < -0.4 is 10.6 Å². The molecule has 1 saturated carbocycles. The molecule has 6 heteroatoms. The Kier molecular flexibility index (Phi) is 4.00. The summed E-state index contributed by atoms with van der Waals surface area (Å²) in [4.78, 5) is 21.9. The van der Waals surface area contributed by atoms with E-state index in [9.17, 15) is 4.79 Å². The largest absolute Gasteiger partial charge is 0.377 e. The van der Waals surface area contributed by atoms with Gasteiger partial charge in [0.25, 0.3) is 0 Å². The number of nitrogens with two attached hydrogens (primary N) is 1. The first-order chi connectivity index (χ1) is 12.0. The molecule has 6 nitrogen and oxygen atoms in total. The zero-order valence-electron chi connectivity index (χ0n) is 15.1. The third-order valence-electron chi connectivity index (χ3n) is 6.58. The van der Waals surface area contributed by atoms with Crippen molar-refractivity contribution in [1.29, 1.82) is 0 Å². The van der Waals surface area contributed by atoms with E-state index in [0.29, 0.717) is 13.1 Å². The Hall–Kier alpha value is -1.66. The van der Waals surface area contributed by atoms with Crippen LogP contribution in [0, 0.1) is 11.3 Å². The fraction of sp³-hybridized carbons (Fsp3) is 0.684. The van der Waals surface area contributed by atoms with E-state index < -0.39 is 5.54 Å². The maximum atomic E-state index is 13.3. The summed E-state index contributed by atoms with van der Waals surface area (Å²) in [7, 11) is 0.